The molecule has 0 atom stereocenters. The molecule has 0 unspecified atom stereocenters. The van der Waals surface area contributed by atoms with E-state index in [2.05, 4.69) is 0 Å². The van der Waals surface area contributed by atoms with Crippen LogP contribution >= 0.6 is 11.6 Å². The monoisotopic (exact) mass is 304 g/mol. The molecule has 2 aromatic carbocycles. The summed E-state index contributed by atoms with van der Waals surface area (Å²) in [6.45, 7) is 4.57. The minimum atomic E-state index is -0.384. The highest BCUT2D eigenvalue weighted by Crippen LogP contribution is 2.27. The van der Waals surface area contributed by atoms with Crippen LogP contribution in [0.1, 0.15) is 28.4 Å². The van der Waals surface area contributed by atoms with Crippen molar-refractivity contribution in [1.29, 1.82) is 0 Å². The van der Waals surface area contributed by atoms with Crippen molar-refractivity contribution in [3.05, 3.63) is 64.2 Å². The lowest BCUT2D eigenvalue weighted by Crippen LogP contribution is -2.05. The van der Waals surface area contributed by atoms with E-state index in [0.717, 1.165) is 11.1 Å². The smallest absolute Gasteiger partial charge is 0.338 e. The number of aryl methyl sites for hydroxylation is 1. The van der Waals surface area contributed by atoms with Gasteiger partial charge in [-0.2, -0.15) is 0 Å². The first-order valence-electron chi connectivity index (χ1n) is 6.75. The third-order valence-electron chi connectivity index (χ3n) is 3.09. The standard InChI is InChI=1S/C17H17ClO3/c1-3-20-17(19)13-8-9-16(15(18)10-13)21-11-14-7-5-4-6-12(14)2/h4-10H,3,11H2,1-2H3. The molecule has 21 heavy (non-hydrogen) atoms. The first-order chi connectivity index (χ1) is 10.1. The fraction of sp³-hybridized carbons (Fsp3) is 0.235. The molecule has 0 saturated heterocycles. The van der Waals surface area contributed by atoms with Crippen LogP contribution in [0.25, 0.3) is 0 Å². The van der Waals surface area contributed by atoms with E-state index in [1.807, 2.05) is 31.2 Å². The molecule has 3 nitrogen and oxygen atoms in total. The van der Waals surface area contributed by atoms with Gasteiger partial charge >= 0.3 is 5.97 Å². The van der Waals surface area contributed by atoms with Gasteiger partial charge in [-0.25, -0.2) is 4.79 Å². The summed E-state index contributed by atoms with van der Waals surface area (Å²) in [5.74, 6) is 0.165. The molecule has 4 heteroatoms. The van der Waals surface area contributed by atoms with E-state index >= 15 is 0 Å². The molecule has 0 saturated carbocycles. The number of hydrogen-bond donors (Lipinski definition) is 0. The zero-order valence-corrected chi connectivity index (χ0v) is 12.8. The number of ether oxygens (including phenoxy) is 2. The zero-order chi connectivity index (χ0) is 15.2. The van der Waals surface area contributed by atoms with Crippen LogP contribution in [0.5, 0.6) is 5.75 Å². The first kappa shape index (κ1) is 15.4. The minimum Gasteiger partial charge on any atom is -0.487 e. The summed E-state index contributed by atoms with van der Waals surface area (Å²) in [7, 11) is 0. The molecule has 0 amide bonds. The van der Waals surface area contributed by atoms with E-state index in [0.29, 0.717) is 29.5 Å². The van der Waals surface area contributed by atoms with Gasteiger partial charge in [0.2, 0.25) is 0 Å². The maximum atomic E-state index is 11.6. The van der Waals surface area contributed by atoms with Crippen LogP contribution in [0.15, 0.2) is 42.5 Å². The third kappa shape index (κ3) is 3.99. The summed E-state index contributed by atoms with van der Waals surface area (Å²) in [4.78, 5) is 11.6. The van der Waals surface area contributed by atoms with Crippen molar-refractivity contribution in [2.24, 2.45) is 0 Å². The fourth-order valence-electron chi connectivity index (χ4n) is 1.89. The Balaban J connectivity index is 2.08. The van der Waals surface area contributed by atoms with Crippen molar-refractivity contribution in [2.45, 2.75) is 20.5 Å². The number of halogens is 1. The lowest BCUT2D eigenvalue weighted by Gasteiger charge is -2.11. The van der Waals surface area contributed by atoms with Crippen LogP contribution in [0.2, 0.25) is 5.02 Å². The van der Waals surface area contributed by atoms with Gasteiger partial charge in [0.1, 0.15) is 12.4 Å². The predicted octanol–water partition coefficient (Wildman–Crippen LogP) is 4.40. The van der Waals surface area contributed by atoms with Crippen molar-refractivity contribution >= 4 is 17.6 Å². The summed E-state index contributed by atoms with van der Waals surface area (Å²) in [5, 5.41) is 0.397. The molecule has 0 radical (unpaired) electrons. The molecule has 0 heterocycles. The average Bonchev–Trinajstić information content (AvgIpc) is 2.47. The Hall–Kier alpha value is -2.00. The van der Waals surface area contributed by atoms with Crippen LogP contribution < -0.4 is 4.74 Å². The van der Waals surface area contributed by atoms with Gasteiger partial charge in [-0.05, 0) is 43.2 Å². The molecule has 0 bridgehead atoms. The Bertz CT molecular complexity index is 638. The SMILES string of the molecule is CCOC(=O)c1ccc(OCc2ccccc2C)c(Cl)c1. The molecule has 2 rings (SSSR count). The van der Waals surface area contributed by atoms with Gasteiger partial charge in [0.15, 0.2) is 0 Å². The highest BCUT2D eigenvalue weighted by atomic mass is 35.5. The molecule has 0 aliphatic rings. The van der Waals surface area contributed by atoms with Crippen molar-refractivity contribution in [1.82, 2.24) is 0 Å². The van der Waals surface area contributed by atoms with Crippen LogP contribution in [0, 0.1) is 6.92 Å². The molecule has 0 spiro atoms. The second kappa shape index (κ2) is 7.14. The highest BCUT2D eigenvalue weighted by Gasteiger charge is 2.10. The van der Waals surface area contributed by atoms with Crippen LogP contribution in [0.4, 0.5) is 0 Å². The van der Waals surface area contributed by atoms with Crippen molar-refractivity contribution in [3.63, 3.8) is 0 Å². The Morgan fingerprint density at radius 3 is 2.62 bits per heavy atom. The Kier molecular flexibility index (Phi) is 5.23. The fourth-order valence-corrected chi connectivity index (χ4v) is 2.12. The van der Waals surface area contributed by atoms with Gasteiger partial charge in [-0.1, -0.05) is 35.9 Å². The third-order valence-corrected chi connectivity index (χ3v) is 3.38. The lowest BCUT2D eigenvalue weighted by molar-refractivity contribution is 0.0526. The van der Waals surface area contributed by atoms with Gasteiger partial charge in [-0.3, -0.25) is 0 Å². The van der Waals surface area contributed by atoms with Crippen LogP contribution in [-0.4, -0.2) is 12.6 Å². The van der Waals surface area contributed by atoms with E-state index in [4.69, 9.17) is 21.1 Å². The summed E-state index contributed by atoms with van der Waals surface area (Å²) < 4.78 is 10.6. The predicted molar refractivity (Wildman–Crippen MR) is 82.9 cm³/mol. The van der Waals surface area contributed by atoms with Crippen molar-refractivity contribution in [2.75, 3.05) is 6.61 Å². The number of carbonyl (C=O) groups is 1. The Labute approximate surface area is 129 Å². The normalized spacial score (nSPS) is 10.2. The number of hydrogen-bond acceptors (Lipinski definition) is 3. The van der Waals surface area contributed by atoms with Gasteiger partial charge in [0, 0.05) is 0 Å². The van der Waals surface area contributed by atoms with E-state index in [1.54, 1.807) is 25.1 Å². The second-order valence-electron chi connectivity index (χ2n) is 4.58. The Morgan fingerprint density at radius 2 is 1.95 bits per heavy atom. The van der Waals surface area contributed by atoms with E-state index in [-0.39, 0.29) is 5.97 Å². The molecule has 0 fully saturated rings. The maximum Gasteiger partial charge on any atom is 0.338 e. The molecule has 110 valence electrons. The topological polar surface area (TPSA) is 35.5 Å². The average molecular weight is 305 g/mol. The highest BCUT2D eigenvalue weighted by molar-refractivity contribution is 6.32. The zero-order valence-electron chi connectivity index (χ0n) is 12.1. The number of carbonyl (C=O) groups excluding carboxylic acids is 1. The number of esters is 1. The maximum absolute atomic E-state index is 11.6. The van der Waals surface area contributed by atoms with E-state index in [9.17, 15) is 4.79 Å². The van der Waals surface area contributed by atoms with Crippen LogP contribution in [-0.2, 0) is 11.3 Å². The van der Waals surface area contributed by atoms with E-state index in [1.165, 1.54) is 0 Å². The summed E-state index contributed by atoms with van der Waals surface area (Å²) in [6.07, 6.45) is 0. The van der Waals surface area contributed by atoms with Gasteiger partial charge in [0.25, 0.3) is 0 Å². The van der Waals surface area contributed by atoms with Gasteiger partial charge in [-0.15, -0.1) is 0 Å². The van der Waals surface area contributed by atoms with Crippen molar-refractivity contribution in [3.8, 4) is 5.75 Å². The summed E-state index contributed by atoms with van der Waals surface area (Å²) in [6, 6.07) is 12.9. The number of benzene rings is 2. The molecular weight excluding hydrogens is 288 g/mol. The largest absolute Gasteiger partial charge is 0.487 e. The molecule has 0 N–H and O–H groups in total. The summed E-state index contributed by atoms with van der Waals surface area (Å²) in [5.41, 5.74) is 2.69. The Morgan fingerprint density at radius 1 is 1.19 bits per heavy atom. The molecule has 0 aromatic heterocycles. The van der Waals surface area contributed by atoms with E-state index < -0.39 is 0 Å². The summed E-state index contributed by atoms with van der Waals surface area (Å²) >= 11 is 6.15. The quantitative estimate of drug-likeness (QED) is 0.768. The number of rotatable bonds is 5. The van der Waals surface area contributed by atoms with Crippen LogP contribution in [0.3, 0.4) is 0 Å². The van der Waals surface area contributed by atoms with Gasteiger partial charge < -0.3 is 9.47 Å². The molecule has 0 aliphatic carbocycles. The molecule has 0 aliphatic heterocycles. The molecular formula is C17H17ClO3. The minimum absolute atomic E-state index is 0.335. The molecule has 2 aromatic rings. The van der Waals surface area contributed by atoms with Crippen molar-refractivity contribution < 1.29 is 14.3 Å². The second-order valence-corrected chi connectivity index (χ2v) is 4.99. The lowest BCUT2D eigenvalue weighted by atomic mass is 10.1. The van der Waals surface area contributed by atoms with Gasteiger partial charge in [0.05, 0.1) is 17.2 Å². The first-order valence-corrected chi connectivity index (χ1v) is 7.13.